The van der Waals surface area contributed by atoms with E-state index in [0.717, 1.165) is 23.7 Å². The molecule has 1 aliphatic rings. The Balaban J connectivity index is 0.00000128. The standard InChI is InChI=1S/C12H16ClNO.ClH/c1-2-15-12-4-3-9(13)6-11(12)10-5-8(10)7-14;/h3-4,6,8,10H,2,5,7,14H2,1H3;1H/t8-,10+;/m1./s1. The molecular formula is C12H17Cl2NO. The summed E-state index contributed by atoms with van der Waals surface area (Å²) < 4.78 is 5.59. The van der Waals surface area contributed by atoms with Gasteiger partial charge in [0.05, 0.1) is 6.61 Å². The quantitative estimate of drug-likeness (QED) is 0.904. The van der Waals surface area contributed by atoms with E-state index in [1.807, 2.05) is 25.1 Å². The minimum absolute atomic E-state index is 0. The molecule has 0 aromatic heterocycles. The molecule has 0 saturated heterocycles. The van der Waals surface area contributed by atoms with E-state index in [2.05, 4.69) is 0 Å². The number of benzene rings is 1. The van der Waals surface area contributed by atoms with Crippen molar-refractivity contribution in [1.82, 2.24) is 0 Å². The van der Waals surface area contributed by atoms with Crippen LogP contribution in [0.15, 0.2) is 18.2 Å². The van der Waals surface area contributed by atoms with Crippen LogP contribution in [0.4, 0.5) is 0 Å². The molecule has 0 amide bonds. The van der Waals surface area contributed by atoms with Crippen molar-refractivity contribution in [2.45, 2.75) is 19.3 Å². The second-order valence-electron chi connectivity index (χ2n) is 3.95. The lowest BCUT2D eigenvalue weighted by molar-refractivity contribution is 0.336. The maximum Gasteiger partial charge on any atom is 0.122 e. The zero-order valence-electron chi connectivity index (χ0n) is 9.28. The molecule has 0 radical (unpaired) electrons. The van der Waals surface area contributed by atoms with Gasteiger partial charge in [-0.3, -0.25) is 0 Å². The van der Waals surface area contributed by atoms with E-state index >= 15 is 0 Å². The molecule has 16 heavy (non-hydrogen) atoms. The van der Waals surface area contributed by atoms with Gasteiger partial charge in [-0.1, -0.05) is 11.6 Å². The van der Waals surface area contributed by atoms with Crippen molar-refractivity contribution in [3.05, 3.63) is 28.8 Å². The third-order valence-electron chi connectivity index (χ3n) is 2.90. The topological polar surface area (TPSA) is 35.2 Å². The number of halogens is 2. The highest BCUT2D eigenvalue weighted by Crippen LogP contribution is 2.50. The van der Waals surface area contributed by atoms with Crippen LogP contribution < -0.4 is 10.5 Å². The van der Waals surface area contributed by atoms with E-state index in [-0.39, 0.29) is 12.4 Å². The summed E-state index contributed by atoms with van der Waals surface area (Å²) in [4.78, 5) is 0. The van der Waals surface area contributed by atoms with Crippen LogP contribution in [0, 0.1) is 5.92 Å². The van der Waals surface area contributed by atoms with Gasteiger partial charge in [-0.05, 0) is 55.5 Å². The van der Waals surface area contributed by atoms with Crippen LogP contribution in [0.1, 0.15) is 24.8 Å². The zero-order chi connectivity index (χ0) is 10.8. The van der Waals surface area contributed by atoms with Crippen LogP contribution >= 0.6 is 24.0 Å². The molecule has 1 aromatic carbocycles. The highest BCUT2D eigenvalue weighted by Gasteiger charge is 2.38. The summed E-state index contributed by atoms with van der Waals surface area (Å²) in [6.07, 6.45) is 1.16. The monoisotopic (exact) mass is 261 g/mol. The van der Waals surface area contributed by atoms with Crippen molar-refractivity contribution >= 4 is 24.0 Å². The summed E-state index contributed by atoms with van der Waals surface area (Å²) in [5.74, 6) is 2.13. The Hall–Kier alpha value is -0.440. The lowest BCUT2D eigenvalue weighted by atomic mass is 10.1. The maximum absolute atomic E-state index is 5.99. The van der Waals surface area contributed by atoms with Gasteiger partial charge in [0, 0.05) is 5.02 Å². The van der Waals surface area contributed by atoms with Crippen molar-refractivity contribution in [2.75, 3.05) is 13.2 Å². The van der Waals surface area contributed by atoms with E-state index in [9.17, 15) is 0 Å². The Bertz CT molecular complexity index is 357. The van der Waals surface area contributed by atoms with Gasteiger partial charge >= 0.3 is 0 Å². The number of rotatable bonds is 4. The zero-order valence-corrected chi connectivity index (χ0v) is 10.9. The number of ether oxygens (including phenoxy) is 1. The minimum atomic E-state index is 0. The molecule has 1 fully saturated rings. The van der Waals surface area contributed by atoms with Crippen LogP contribution in [0.3, 0.4) is 0 Å². The molecule has 2 rings (SSSR count). The van der Waals surface area contributed by atoms with Crippen LogP contribution in [-0.4, -0.2) is 13.2 Å². The van der Waals surface area contributed by atoms with E-state index < -0.39 is 0 Å². The van der Waals surface area contributed by atoms with Gasteiger partial charge in [-0.25, -0.2) is 0 Å². The highest BCUT2D eigenvalue weighted by atomic mass is 35.5. The highest BCUT2D eigenvalue weighted by molar-refractivity contribution is 6.30. The molecule has 2 N–H and O–H groups in total. The molecule has 2 atom stereocenters. The number of hydrogen-bond donors (Lipinski definition) is 1. The lowest BCUT2D eigenvalue weighted by Crippen LogP contribution is -2.03. The molecule has 2 nitrogen and oxygen atoms in total. The number of nitrogens with two attached hydrogens (primary N) is 1. The first-order valence-corrected chi connectivity index (χ1v) is 5.76. The Morgan fingerprint density at radius 3 is 2.81 bits per heavy atom. The summed E-state index contributed by atoms with van der Waals surface area (Å²) in [7, 11) is 0. The van der Waals surface area contributed by atoms with Crippen LogP contribution in [0.2, 0.25) is 5.02 Å². The molecule has 1 saturated carbocycles. The normalized spacial score (nSPS) is 22.4. The molecule has 0 aliphatic heterocycles. The van der Waals surface area contributed by atoms with Gasteiger partial charge in [0.2, 0.25) is 0 Å². The van der Waals surface area contributed by atoms with Crippen LogP contribution in [0.5, 0.6) is 5.75 Å². The van der Waals surface area contributed by atoms with Crippen molar-refractivity contribution in [1.29, 1.82) is 0 Å². The Labute approximate surface area is 108 Å². The van der Waals surface area contributed by atoms with E-state index in [1.54, 1.807) is 0 Å². The van der Waals surface area contributed by atoms with Gasteiger partial charge < -0.3 is 10.5 Å². The fourth-order valence-electron chi connectivity index (χ4n) is 1.99. The average Bonchev–Trinajstić information content (AvgIpc) is 3.00. The molecular weight excluding hydrogens is 245 g/mol. The maximum atomic E-state index is 5.99. The van der Waals surface area contributed by atoms with Crippen LogP contribution in [-0.2, 0) is 0 Å². The predicted molar refractivity (Wildman–Crippen MR) is 69.8 cm³/mol. The summed E-state index contributed by atoms with van der Waals surface area (Å²) in [5.41, 5.74) is 6.87. The van der Waals surface area contributed by atoms with Gasteiger partial charge in [0.25, 0.3) is 0 Å². The Morgan fingerprint density at radius 2 is 2.25 bits per heavy atom. The molecule has 1 aliphatic carbocycles. The van der Waals surface area contributed by atoms with Gasteiger partial charge in [0.1, 0.15) is 5.75 Å². The van der Waals surface area contributed by atoms with Gasteiger partial charge in [-0.15, -0.1) is 12.4 Å². The lowest BCUT2D eigenvalue weighted by Gasteiger charge is -2.10. The fourth-order valence-corrected chi connectivity index (χ4v) is 2.17. The predicted octanol–water partition coefficient (Wildman–Crippen LogP) is 3.22. The molecule has 90 valence electrons. The largest absolute Gasteiger partial charge is 0.494 e. The van der Waals surface area contributed by atoms with E-state index in [4.69, 9.17) is 22.1 Å². The SMILES string of the molecule is CCOc1ccc(Cl)cc1[C@H]1C[C@@H]1CN.Cl. The third-order valence-corrected chi connectivity index (χ3v) is 3.13. The summed E-state index contributed by atoms with van der Waals surface area (Å²) in [6.45, 7) is 3.43. The second-order valence-corrected chi connectivity index (χ2v) is 4.39. The molecule has 0 bridgehead atoms. The fraction of sp³-hybridized carbons (Fsp3) is 0.500. The Morgan fingerprint density at radius 1 is 1.50 bits per heavy atom. The first-order chi connectivity index (χ1) is 7.26. The Kier molecular flexibility index (Phi) is 4.90. The molecule has 4 heteroatoms. The third kappa shape index (κ3) is 2.82. The van der Waals surface area contributed by atoms with Gasteiger partial charge in [0.15, 0.2) is 0 Å². The molecule has 0 spiro atoms. The first-order valence-electron chi connectivity index (χ1n) is 5.38. The second kappa shape index (κ2) is 5.76. The van der Waals surface area contributed by atoms with Crippen molar-refractivity contribution < 1.29 is 4.74 Å². The van der Waals surface area contributed by atoms with Gasteiger partial charge in [-0.2, -0.15) is 0 Å². The average molecular weight is 262 g/mol. The van der Waals surface area contributed by atoms with Crippen molar-refractivity contribution in [2.24, 2.45) is 11.7 Å². The minimum Gasteiger partial charge on any atom is -0.494 e. The van der Waals surface area contributed by atoms with Crippen LogP contribution in [0.25, 0.3) is 0 Å². The summed E-state index contributed by atoms with van der Waals surface area (Å²) in [5, 5.41) is 0.774. The smallest absolute Gasteiger partial charge is 0.122 e. The molecule has 1 aromatic rings. The summed E-state index contributed by atoms with van der Waals surface area (Å²) in [6, 6.07) is 5.83. The van der Waals surface area contributed by atoms with E-state index in [0.29, 0.717) is 18.4 Å². The summed E-state index contributed by atoms with van der Waals surface area (Å²) >= 11 is 5.99. The van der Waals surface area contributed by atoms with E-state index in [1.165, 1.54) is 5.56 Å². The molecule has 0 unspecified atom stereocenters. The molecule has 0 heterocycles. The van der Waals surface area contributed by atoms with Crippen molar-refractivity contribution in [3.63, 3.8) is 0 Å². The van der Waals surface area contributed by atoms with Crippen molar-refractivity contribution in [3.8, 4) is 5.75 Å². The number of hydrogen-bond acceptors (Lipinski definition) is 2. The first kappa shape index (κ1) is 13.6.